The average molecular weight is 766 g/mol. The van der Waals surface area contributed by atoms with Crippen molar-refractivity contribution in [2.75, 3.05) is 27.9 Å². The highest BCUT2D eigenvalue weighted by atomic mass is 28.4. The Morgan fingerprint density at radius 2 is 1.62 bits per heavy atom. The third-order valence-corrected chi connectivity index (χ3v) is 14.8. The van der Waals surface area contributed by atoms with Gasteiger partial charge in [-0.3, -0.25) is 18.7 Å². The summed E-state index contributed by atoms with van der Waals surface area (Å²) in [6, 6.07) is 17.1. The lowest BCUT2D eigenvalue weighted by atomic mass is 10.1. The van der Waals surface area contributed by atoms with Gasteiger partial charge in [0.25, 0.3) is 5.91 Å². The lowest BCUT2D eigenvalue weighted by Gasteiger charge is -2.36. The zero-order chi connectivity index (χ0) is 39.5. The van der Waals surface area contributed by atoms with Crippen LogP contribution in [-0.4, -0.2) is 81.5 Å². The van der Waals surface area contributed by atoms with Gasteiger partial charge in [-0.25, -0.2) is 4.98 Å². The number of nitrogens with zero attached hydrogens (tertiary/aromatic N) is 8. The minimum Gasteiger partial charge on any atom is -0.497 e. The van der Waals surface area contributed by atoms with Crippen LogP contribution < -0.4 is 19.5 Å². The molecule has 2 aromatic carbocycles. The predicted octanol–water partition coefficient (Wildman–Crippen LogP) is 6.81. The number of fused-ring (bicyclic) bond motifs is 1. The van der Waals surface area contributed by atoms with Crippen LogP contribution in [0.25, 0.3) is 33.9 Å². The SMILES string of the molecule is COc1ccc(Cn2c(-c3nc(C(=O)NCc4ccc(OC)cc4OC)cc4c3cnn4C)nnc2-c2cc(C)nn2CCCO[Si](C)(C)C(C)(C)C)cc1. The summed E-state index contributed by atoms with van der Waals surface area (Å²) in [5, 5.41) is 22.8. The fourth-order valence-electron chi connectivity index (χ4n) is 6.08. The number of aromatic nitrogens is 8. The van der Waals surface area contributed by atoms with Crippen LogP contribution in [0.1, 0.15) is 54.5 Å². The van der Waals surface area contributed by atoms with Gasteiger partial charge in [-0.15, -0.1) is 10.2 Å². The number of carbonyl (C=O) groups excluding carboxylic acids is 1. The maximum atomic E-state index is 13.8. The van der Waals surface area contributed by atoms with Gasteiger partial charge in [-0.05, 0) is 73.4 Å². The standard InChI is InChI=1S/C40H51N9O5Si/c1-26-20-34(49(46-26)18-11-19-54-55(9,10)40(2,3)4)37-44-45-38(48(37)25-27-12-15-29(51-6)16-13-27)36-31-24-42-47(5)33(31)22-32(43-36)39(50)41-23-28-14-17-30(52-7)21-35(28)53-8/h12-17,20-22,24H,11,18-19,23,25H2,1-10H3,(H,41,50). The average Bonchev–Trinajstić information content (AvgIpc) is 3.87. The number of benzene rings is 2. The number of ether oxygens (including phenoxy) is 3. The third kappa shape index (κ3) is 8.42. The van der Waals surface area contributed by atoms with E-state index in [0.29, 0.717) is 48.5 Å². The molecule has 6 aromatic rings. The molecule has 1 N–H and O–H groups in total. The van der Waals surface area contributed by atoms with E-state index in [1.54, 1.807) is 44.3 Å². The Hall–Kier alpha value is -5.54. The second-order valence-electron chi connectivity index (χ2n) is 15.1. The molecule has 14 nitrogen and oxygen atoms in total. The van der Waals surface area contributed by atoms with E-state index in [1.807, 2.05) is 65.7 Å². The number of methoxy groups -OCH3 is 3. The first kappa shape index (κ1) is 39.2. The molecule has 0 spiro atoms. The van der Waals surface area contributed by atoms with Crippen molar-refractivity contribution in [3.63, 3.8) is 0 Å². The highest BCUT2D eigenvalue weighted by molar-refractivity contribution is 6.74. The Balaban J connectivity index is 1.38. The molecule has 6 rings (SSSR count). The van der Waals surface area contributed by atoms with Crippen LogP contribution in [0.2, 0.25) is 18.1 Å². The maximum Gasteiger partial charge on any atom is 0.270 e. The van der Waals surface area contributed by atoms with E-state index in [4.69, 9.17) is 38.9 Å². The van der Waals surface area contributed by atoms with E-state index in [9.17, 15) is 4.79 Å². The molecule has 0 saturated heterocycles. The van der Waals surface area contributed by atoms with E-state index >= 15 is 0 Å². The molecule has 0 unspecified atom stereocenters. The first-order valence-corrected chi connectivity index (χ1v) is 21.2. The number of amides is 1. The fourth-order valence-corrected chi connectivity index (χ4v) is 7.17. The first-order chi connectivity index (χ1) is 26.2. The van der Waals surface area contributed by atoms with Gasteiger partial charge in [-0.1, -0.05) is 32.9 Å². The van der Waals surface area contributed by atoms with Gasteiger partial charge in [-0.2, -0.15) is 10.2 Å². The predicted molar refractivity (Wildman–Crippen MR) is 214 cm³/mol. The maximum absolute atomic E-state index is 13.8. The van der Waals surface area contributed by atoms with E-state index < -0.39 is 8.32 Å². The molecule has 55 heavy (non-hydrogen) atoms. The van der Waals surface area contributed by atoms with Gasteiger partial charge >= 0.3 is 0 Å². The second kappa shape index (κ2) is 16.1. The van der Waals surface area contributed by atoms with Crippen LogP contribution in [0.5, 0.6) is 17.2 Å². The molecule has 290 valence electrons. The molecular weight excluding hydrogens is 715 g/mol. The molecule has 0 saturated carbocycles. The second-order valence-corrected chi connectivity index (χ2v) is 19.9. The van der Waals surface area contributed by atoms with Crippen LogP contribution in [0.3, 0.4) is 0 Å². The Kier molecular flexibility index (Phi) is 11.4. The Labute approximate surface area is 322 Å². The molecule has 0 fully saturated rings. The summed E-state index contributed by atoms with van der Waals surface area (Å²) in [7, 11) is 4.77. The minimum absolute atomic E-state index is 0.129. The number of carbonyl (C=O) groups is 1. The number of nitrogens with one attached hydrogen (secondary N) is 1. The zero-order valence-corrected chi connectivity index (χ0v) is 34.4. The summed E-state index contributed by atoms with van der Waals surface area (Å²) < 4.78 is 28.5. The highest BCUT2D eigenvalue weighted by Gasteiger charge is 2.37. The van der Waals surface area contributed by atoms with Crippen LogP contribution in [-0.2, 0) is 31.1 Å². The van der Waals surface area contributed by atoms with Gasteiger partial charge in [0.2, 0.25) is 0 Å². The molecule has 0 aliphatic carbocycles. The number of hydrogen-bond donors (Lipinski definition) is 1. The number of pyridine rings is 1. The molecule has 0 bridgehead atoms. The van der Waals surface area contributed by atoms with Gasteiger partial charge in [0.05, 0.1) is 45.3 Å². The number of rotatable bonds is 15. The smallest absolute Gasteiger partial charge is 0.270 e. The highest BCUT2D eigenvalue weighted by Crippen LogP contribution is 2.37. The lowest BCUT2D eigenvalue weighted by Crippen LogP contribution is -2.41. The van der Waals surface area contributed by atoms with E-state index in [1.165, 1.54) is 0 Å². The molecule has 0 radical (unpaired) electrons. The molecule has 0 aliphatic heterocycles. The molecular formula is C40H51N9O5Si. The van der Waals surface area contributed by atoms with E-state index in [-0.39, 0.29) is 23.2 Å². The summed E-state index contributed by atoms with van der Waals surface area (Å²) in [6.07, 6.45) is 2.53. The molecule has 4 heterocycles. The fraction of sp³-hybridized carbons (Fsp3) is 0.400. The van der Waals surface area contributed by atoms with Crippen molar-refractivity contribution in [2.45, 2.75) is 71.9 Å². The molecule has 1 amide bonds. The third-order valence-electron chi connectivity index (χ3n) is 10.3. The summed E-state index contributed by atoms with van der Waals surface area (Å²) in [5.74, 6) is 2.77. The number of aryl methyl sites for hydroxylation is 3. The van der Waals surface area contributed by atoms with Crippen LogP contribution in [0, 0.1) is 6.92 Å². The molecule has 15 heteroatoms. The summed E-state index contributed by atoms with van der Waals surface area (Å²) in [5.41, 5.74) is 4.89. The topological polar surface area (TPSA) is 145 Å². The Morgan fingerprint density at radius 1 is 0.909 bits per heavy atom. The van der Waals surface area contributed by atoms with Gasteiger partial charge in [0.15, 0.2) is 20.0 Å². The lowest BCUT2D eigenvalue weighted by molar-refractivity contribution is 0.0946. The van der Waals surface area contributed by atoms with Crippen LogP contribution in [0.4, 0.5) is 0 Å². The largest absolute Gasteiger partial charge is 0.497 e. The van der Waals surface area contributed by atoms with Crippen molar-refractivity contribution < 1.29 is 23.4 Å². The number of hydrogen-bond acceptors (Lipinski definition) is 10. The minimum atomic E-state index is -1.89. The summed E-state index contributed by atoms with van der Waals surface area (Å²) in [6.45, 7) is 15.2. The normalized spacial score (nSPS) is 12.0. The Bertz CT molecular complexity index is 2290. The monoisotopic (exact) mass is 765 g/mol. The van der Waals surface area contributed by atoms with Crippen molar-refractivity contribution in [1.82, 2.24) is 44.6 Å². The van der Waals surface area contributed by atoms with Crippen LogP contribution in [0.15, 0.2) is 60.8 Å². The van der Waals surface area contributed by atoms with Crippen molar-refractivity contribution >= 4 is 25.1 Å². The summed E-state index contributed by atoms with van der Waals surface area (Å²) in [4.78, 5) is 18.7. The first-order valence-electron chi connectivity index (χ1n) is 18.3. The van der Waals surface area contributed by atoms with E-state index in [0.717, 1.165) is 45.6 Å². The Morgan fingerprint density at radius 3 is 2.31 bits per heavy atom. The van der Waals surface area contributed by atoms with Crippen molar-refractivity contribution in [3.8, 4) is 40.3 Å². The van der Waals surface area contributed by atoms with Gasteiger partial charge in [0, 0.05) is 43.8 Å². The van der Waals surface area contributed by atoms with E-state index in [2.05, 4.69) is 44.3 Å². The van der Waals surface area contributed by atoms with Crippen LogP contribution >= 0.6 is 0 Å². The quantitative estimate of drug-likeness (QED) is 0.0874. The van der Waals surface area contributed by atoms with Gasteiger partial charge < -0.3 is 24.0 Å². The van der Waals surface area contributed by atoms with Crippen molar-refractivity contribution in [2.24, 2.45) is 7.05 Å². The zero-order valence-electron chi connectivity index (χ0n) is 33.4. The molecule has 0 aliphatic rings. The molecule has 4 aromatic heterocycles. The summed E-state index contributed by atoms with van der Waals surface area (Å²) >= 11 is 0. The molecule has 0 atom stereocenters. The van der Waals surface area contributed by atoms with Crippen molar-refractivity contribution in [1.29, 1.82) is 0 Å². The van der Waals surface area contributed by atoms with Crippen molar-refractivity contribution in [3.05, 3.63) is 83.3 Å². The van der Waals surface area contributed by atoms with Gasteiger partial charge in [0.1, 0.15) is 34.3 Å².